The molecule has 158 valence electrons. The molecule has 0 N–H and O–H groups in total. The molecule has 0 aromatic carbocycles. The molecule has 0 aromatic heterocycles. The fourth-order valence-electron chi connectivity index (χ4n) is 8.49. The predicted octanol–water partition coefficient (Wildman–Crippen LogP) is 8.58. The first-order valence-corrected chi connectivity index (χ1v) is 12.6. The van der Waals surface area contributed by atoms with Crippen LogP contribution in [0.2, 0.25) is 0 Å². The third-order valence-electron chi connectivity index (χ3n) is 10.2. The van der Waals surface area contributed by atoms with Crippen molar-refractivity contribution in [2.24, 2.45) is 46.3 Å². The second kappa shape index (κ2) is 7.63. The summed E-state index contributed by atoms with van der Waals surface area (Å²) in [6, 6.07) is 0. The molecule has 0 aromatic rings. The normalized spacial score (nSPS) is 43.7. The van der Waals surface area contributed by atoms with Crippen molar-refractivity contribution in [3.8, 4) is 0 Å². The molecule has 0 heterocycles. The van der Waals surface area contributed by atoms with Gasteiger partial charge in [-0.15, -0.1) is 0 Å². The van der Waals surface area contributed by atoms with Crippen molar-refractivity contribution in [2.75, 3.05) is 0 Å². The van der Waals surface area contributed by atoms with E-state index in [1.165, 1.54) is 64.2 Å². The van der Waals surface area contributed by atoms with E-state index in [2.05, 4.69) is 53.7 Å². The molecule has 28 heavy (non-hydrogen) atoms. The molecule has 0 aliphatic heterocycles. The van der Waals surface area contributed by atoms with Gasteiger partial charge in [-0.25, -0.2) is 0 Å². The van der Waals surface area contributed by atoms with Crippen molar-refractivity contribution in [2.45, 2.75) is 106 Å². The predicted molar refractivity (Wildman–Crippen MR) is 122 cm³/mol. The van der Waals surface area contributed by atoms with Crippen LogP contribution >= 0.6 is 0 Å². The Morgan fingerprint density at radius 1 is 1.00 bits per heavy atom. The SMILES string of the molecule is CC1=CC2=CCC3C(CCC4(C)C(C(C)CCCC(C)C)CCC34)C2(C)CC1. The van der Waals surface area contributed by atoms with Gasteiger partial charge >= 0.3 is 0 Å². The molecule has 7 unspecified atom stereocenters. The van der Waals surface area contributed by atoms with Crippen molar-refractivity contribution in [1.29, 1.82) is 0 Å². The van der Waals surface area contributed by atoms with Gasteiger partial charge in [0, 0.05) is 0 Å². The number of allylic oxidation sites excluding steroid dienone is 4. The molecular formula is C28H46. The summed E-state index contributed by atoms with van der Waals surface area (Å²) in [5.74, 6) is 5.68. The lowest BCUT2D eigenvalue weighted by molar-refractivity contribution is -0.0454. The molecule has 0 heteroatoms. The van der Waals surface area contributed by atoms with Crippen LogP contribution in [0.25, 0.3) is 0 Å². The van der Waals surface area contributed by atoms with Crippen molar-refractivity contribution in [3.63, 3.8) is 0 Å². The zero-order valence-electron chi connectivity index (χ0n) is 19.7. The fraction of sp³-hybridized carbons (Fsp3) is 0.857. The highest BCUT2D eigenvalue weighted by molar-refractivity contribution is 5.36. The molecule has 0 saturated heterocycles. The van der Waals surface area contributed by atoms with Gasteiger partial charge in [0.15, 0.2) is 0 Å². The molecule has 0 radical (unpaired) electrons. The fourth-order valence-corrected chi connectivity index (χ4v) is 8.49. The Hall–Kier alpha value is -0.520. The molecule has 4 rings (SSSR count). The average Bonchev–Trinajstić information content (AvgIpc) is 2.99. The number of rotatable bonds is 5. The molecule has 0 bridgehead atoms. The Balaban J connectivity index is 1.51. The lowest BCUT2D eigenvalue weighted by Gasteiger charge is -2.57. The Bertz CT molecular complexity index is 636. The first-order valence-electron chi connectivity index (χ1n) is 12.6. The van der Waals surface area contributed by atoms with Crippen molar-refractivity contribution >= 4 is 0 Å². The summed E-state index contributed by atoms with van der Waals surface area (Å²) in [4.78, 5) is 0. The number of hydrogen-bond donors (Lipinski definition) is 0. The van der Waals surface area contributed by atoms with Crippen LogP contribution < -0.4 is 0 Å². The van der Waals surface area contributed by atoms with E-state index < -0.39 is 0 Å². The highest BCUT2D eigenvalue weighted by Crippen LogP contribution is 2.67. The molecule has 0 amide bonds. The van der Waals surface area contributed by atoms with Gasteiger partial charge in [0.1, 0.15) is 0 Å². The zero-order valence-corrected chi connectivity index (χ0v) is 19.7. The molecule has 2 fully saturated rings. The molecular weight excluding hydrogens is 336 g/mol. The van der Waals surface area contributed by atoms with E-state index in [1.807, 2.05) is 0 Å². The van der Waals surface area contributed by atoms with E-state index in [0.717, 1.165) is 35.5 Å². The van der Waals surface area contributed by atoms with Crippen LogP contribution in [0.3, 0.4) is 0 Å². The van der Waals surface area contributed by atoms with Crippen LogP contribution in [0.4, 0.5) is 0 Å². The maximum atomic E-state index is 2.72. The summed E-state index contributed by atoms with van der Waals surface area (Å²) in [5, 5.41) is 0. The minimum Gasteiger partial charge on any atom is -0.0805 e. The first-order chi connectivity index (χ1) is 13.3. The van der Waals surface area contributed by atoms with Gasteiger partial charge < -0.3 is 0 Å². The Morgan fingerprint density at radius 2 is 1.79 bits per heavy atom. The van der Waals surface area contributed by atoms with Crippen LogP contribution in [-0.4, -0.2) is 0 Å². The Morgan fingerprint density at radius 3 is 2.54 bits per heavy atom. The van der Waals surface area contributed by atoms with Gasteiger partial charge in [0.2, 0.25) is 0 Å². The Kier molecular flexibility index (Phi) is 5.65. The van der Waals surface area contributed by atoms with Crippen molar-refractivity contribution < 1.29 is 0 Å². The van der Waals surface area contributed by atoms with Crippen LogP contribution in [0, 0.1) is 46.3 Å². The van der Waals surface area contributed by atoms with E-state index in [-0.39, 0.29) is 0 Å². The van der Waals surface area contributed by atoms with Crippen LogP contribution in [-0.2, 0) is 0 Å². The summed E-state index contributed by atoms with van der Waals surface area (Å²) in [6.07, 6.45) is 19.7. The van der Waals surface area contributed by atoms with Crippen LogP contribution in [0.1, 0.15) is 106 Å². The first kappa shape index (κ1) is 20.7. The van der Waals surface area contributed by atoms with Crippen LogP contribution in [0.5, 0.6) is 0 Å². The third-order valence-corrected chi connectivity index (χ3v) is 10.2. The standard InChI is InChI=1S/C28H46/c1-19(2)8-7-9-21(4)24-12-13-25-23-11-10-22-18-20(3)14-16-27(22,5)26(23)15-17-28(24,25)6/h10,18-19,21,23-26H,7-9,11-17H2,1-6H3. The lowest BCUT2D eigenvalue weighted by atomic mass is 9.47. The second-order valence-electron chi connectivity index (χ2n) is 12.2. The van der Waals surface area contributed by atoms with Gasteiger partial charge in [0.25, 0.3) is 0 Å². The molecule has 0 nitrogen and oxygen atoms in total. The monoisotopic (exact) mass is 382 g/mol. The number of fused-ring (bicyclic) bond motifs is 5. The largest absolute Gasteiger partial charge is 0.0805 e. The van der Waals surface area contributed by atoms with Gasteiger partial charge in [0.05, 0.1) is 0 Å². The minimum absolute atomic E-state index is 0.477. The minimum atomic E-state index is 0.477. The maximum absolute atomic E-state index is 2.72. The van der Waals surface area contributed by atoms with E-state index in [1.54, 1.807) is 11.1 Å². The number of hydrogen-bond acceptors (Lipinski definition) is 0. The maximum Gasteiger partial charge on any atom is -0.00443 e. The topological polar surface area (TPSA) is 0 Å². The summed E-state index contributed by atoms with van der Waals surface area (Å²) in [6.45, 7) is 15.0. The van der Waals surface area contributed by atoms with E-state index in [4.69, 9.17) is 0 Å². The van der Waals surface area contributed by atoms with Gasteiger partial charge in [-0.3, -0.25) is 0 Å². The molecule has 4 aliphatic rings. The quantitative estimate of drug-likeness (QED) is 0.446. The third kappa shape index (κ3) is 3.35. The van der Waals surface area contributed by atoms with E-state index in [0.29, 0.717) is 10.8 Å². The van der Waals surface area contributed by atoms with Crippen molar-refractivity contribution in [1.82, 2.24) is 0 Å². The molecule has 4 aliphatic carbocycles. The highest BCUT2D eigenvalue weighted by atomic mass is 14.6. The van der Waals surface area contributed by atoms with Gasteiger partial charge in [-0.2, -0.15) is 0 Å². The van der Waals surface area contributed by atoms with E-state index in [9.17, 15) is 0 Å². The summed E-state index contributed by atoms with van der Waals surface area (Å²) >= 11 is 0. The van der Waals surface area contributed by atoms with Gasteiger partial charge in [-0.05, 0) is 104 Å². The molecule has 7 atom stereocenters. The average molecular weight is 383 g/mol. The molecule has 2 saturated carbocycles. The molecule has 0 spiro atoms. The highest BCUT2D eigenvalue weighted by Gasteiger charge is 2.58. The van der Waals surface area contributed by atoms with Gasteiger partial charge in [-0.1, -0.05) is 71.6 Å². The second-order valence-corrected chi connectivity index (χ2v) is 12.2. The summed E-state index contributed by atoms with van der Waals surface area (Å²) in [5.41, 5.74) is 4.42. The lowest BCUT2D eigenvalue weighted by Crippen LogP contribution is -2.49. The Labute approximate surface area is 175 Å². The summed E-state index contributed by atoms with van der Waals surface area (Å²) < 4.78 is 0. The van der Waals surface area contributed by atoms with Crippen LogP contribution in [0.15, 0.2) is 23.3 Å². The zero-order chi connectivity index (χ0) is 20.1. The smallest absolute Gasteiger partial charge is 0.00443 e. The van der Waals surface area contributed by atoms with E-state index >= 15 is 0 Å². The summed E-state index contributed by atoms with van der Waals surface area (Å²) in [7, 11) is 0. The van der Waals surface area contributed by atoms with Crippen molar-refractivity contribution in [3.05, 3.63) is 23.3 Å².